The first-order valence-corrected chi connectivity index (χ1v) is 10.6. The third-order valence-electron chi connectivity index (χ3n) is 4.47. The number of hydrogen-bond acceptors (Lipinski definition) is 4. The quantitative estimate of drug-likeness (QED) is 0.613. The summed E-state index contributed by atoms with van der Waals surface area (Å²) in [7, 11) is 0. The number of ether oxygens (including phenoxy) is 3. The zero-order valence-corrected chi connectivity index (χ0v) is 18.8. The molecule has 6 heteroatoms. The maximum Gasteiger partial charge on any atom is 0.410 e. The zero-order chi connectivity index (χ0) is 20.9. The maximum atomic E-state index is 12.3. The number of carbonyl (C=O) groups is 1. The van der Waals surface area contributed by atoms with E-state index in [1.165, 1.54) is 0 Å². The molecule has 1 aliphatic heterocycles. The largest absolute Gasteiger partial charge is 0.489 e. The molecular formula is C23H28BrNO4. The van der Waals surface area contributed by atoms with Crippen LogP contribution in [0.1, 0.15) is 31.9 Å². The van der Waals surface area contributed by atoms with Crippen LogP contribution in [0, 0.1) is 0 Å². The third kappa shape index (κ3) is 7.05. The van der Waals surface area contributed by atoms with Gasteiger partial charge in [0.25, 0.3) is 0 Å². The number of amides is 1. The van der Waals surface area contributed by atoms with Gasteiger partial charge in [0.05, 0.1) is 19.3 Å². The van der Waals surface area contributed by atoms with E-state index in [2.05, 4.69) is 15.9 Å². The van der Waals surface area contributed by atoms with Crippen molar-refractivity contribution in [1.82, 2.24) is 4.90 Å². The summed E-state index contributed by atoms with van der Waals surface area (Å²) in [6.45, 7) is 7.78. The topological polar surface area (TPSA) is 48.0 Å². The molecule has 5 nitrogen and oxygen atoms in total. The lowest BCUT2D eigenvalue weighted by Gasteiger charge is -2.34. The minimum Gasteiger partial charge on any atom is -0.489 e. The molecule has 3 rings (SSSR count). The van der Waals surface area contributed by atoms with E-state index < -0.39 is 5.60 Å². The maximum absolute atomic E-state index is 12.3. The fourth-order valence-corrected chi connectivity index (χ4v) is 3.56. The molecule has 1 atom stereocenters. The molecule has 0 bridgehead atoms. The molecule has 2 aromatic rings. The van der Waals surface area contributed by atoms with Crippen molar-refractivity contribution in [1.29, 1.82) is 0 Å². The summed E-state index contributed by atoms with van der Waals surface area (Å²) in [5.74, 6) is 0.827. The standard InChI is InChI=1S/C23H28BrNO4/c1-23(2,3)29-22(26)25-11-12-27-21(15-25)14-17-7-9-20(10-8-17)28-16-18-5-4-6-19(24)13-18/h4-10,13,21H,11-12,14-16H2,1-3H3. The van der Waals surface area contributed by atoms with Gasteiger partial charge in [-0.25, -0.2) is 4.79 Å². The average molecular weight is 462 g/mol. The Morgan fingerprint density at radius 3 is 2.62 bits per heavy atom. The van der Waals surface area contributed by atoms with Gasteiger partial charge in [0, 0.05) is 17.4 Å². The highest BCUT2D eigenvalue weighted by atomic mass is 79.9. The fraction of sp³-hybridized carbons (Fsp3) is 0.435. The van der Waals surface area contributed by atoms with Crippen LogP contribution in [0.15, 0.2) is 53.0 Å². The summed E-state index contributed by atoms with van der Waals surface area (Å²) in [5.41, 5.74) is 1.77. The second kappa shape index (κ2) is 9.63. The Morgan fingerprint density at radius 2 is 1.93 bits per heavy atom. The van der Waals surface area contributed by atoms with Gasteiger partial charge in [0.1, 0.15) is 18.0 Å². The van der Waals surface area contributed by atoms with E-state index in [4.69, 9.17) is 14.2 Å². The van der Waals surface area contributed by atoms with Gasteiger partial charge in [-0.1, -0.05) is 40.2 Å². The van der Waals surface area contributed by atoms with Gasteiger partial charge in [0.2, 0.25) is 0 Å². The van der Waals surface area contributed by atoms with E-state index in [1.54, 1.807) is 4.90 Å². The van der Waals surface area contributed by atoms with Crippen molar-refractivity contribution in [3.8, 4) is 5.75 Å². The van der Waals surface area contributed by atoms with E-state index >= 15 is 0 Å². The number of carbonyl (C=O) groups excluding carboxylic acids is 1. The summed E-state index contributed by atoms with van der Waals surface area (Å²) >= 11 is 3.47. The Labute approximate surface area is 181 Å². The zero-order valence-electron chi connectivity index (χ0n) is 17.2. The molecule has 1 heterocycles. The first-order chi connectivity index (χ1) is 13.8. The van der Waals surface area contributed by atoms with Crippen LogP contribution in [-0.2, 0) is 22.5 Å². The first kappa shape index (κ1) is 21.7. The Bertz CT molecular complexity index is 816. The monoisotopic (exact) mass is 461 g/mol. The summed E-state index contributed by atoms with van der Waals surface area (Å²) < 4.78 is 18.2. The lowest BCUT2D eigenvalue weighted by molar-refractivity contribution is -0.0415. The average Bonchev–Trinajstić information content (AvgIpc) is 2.66. The molecule has 0 radical (unpaired) electrons. The van der Waals surface area contributed by atoms with Crippen LogP contribution in [0.25, 0.3) is 0 Å². The van der Waals surface area contributed by atoms with Gasteiger partial charge in [-0.15, -0.1) is 0 Å². The fourth-order valence-electron chi connectivity index (χ4n) is 3.11. The number of benzene rings is 2. The summed E-state index contributed by atoms with van der Waals surface area (Å²) in [5, 5.41) is 0. The van der Waals surface area contributed by atoms with Crippen LogP contribution >= 0.6 is 15.9 Å². The molecule has 1 amide bonds. The number of hydrogen-bond donors (Lipinski definition) is 0. The van der Waals surface area contributed by atoms with E-state index in [0.29, 0.717) is 26.3 Å². The van der Waals surface area contributed by atoms with Crippen molar-refractivity contribution in [2.75, 3.05) is 19.7 Å². The lowest BCUT2D eigenvalue weighted by atomic mass is 10.1. The van der Waals surface area contributed by atoms with Gasteiger partial charge < -0.3 is 19.1 Å². The van der Waals surface area contributed by atoms with Crippen LogP contribution in [0.4, 0.5) is 4.79 Å². The first-order valence-electron chi connectivity index (χ1n) is 9.84. The third-order valence-corrected chi connectivity index (χ3v) is 4.96. The summed E-state index contributed by atoms with van der Waals surface area (Å²) in [6, 6.07) is 16.1. The van der Waals surface area contributed by atoms with E-state index in [-0.39, 0.29) is 12.2 Å². The SMILES string of the molecule is CC(C)(C)OC(=O)N1CCOC(Cc2ccc(OCc3cccc(Br)c3)cc2)C1. The Balaban J connectivity index is 1.50. The molecule has 1 saturated heterocycles. The molecule has 156 valence electrons. The van der Waals surface area contributed by atoms with Crippen molar-refractivity contribution >= 4 is 22.0 Å². The van der Waals surface area contributed by atoms with Gasteiger partial charge in [0.15, 0.2) is 0 Å². The van der Waals surface area contributed by atoms with Crippen molar-refractivity contribution in [2.24, 2.45) is 0 Å². The van der Waals surface area contributed by atoms with Crippen molar-refractivity contribution in [3.05, 3.63) is 64.1 Å². The predicted molar refractivity (Wildman–Crippen MR) is 116 cm³/mol. The Kier molecular flexibility index (Phi) is 7.19. The molecule has 0 N–H and O–H groups in total. The van der Waals surface area contributed by atoms with Crippen LogP contribution in [0.3, 0.4) is 0 Å². The van der Waals surface area contributed by atoms with Crippen molar-refractivity contribution < 1.29 is 19.0 Å². The highest BCUT2D eigenvalue weighted by Crippen LogP contribution is 2.19. The lowest BCUT2D eigenvalue weighted by Crippen LogP contribution is -2.48. The summed E-state index contributed by atoms with van der Waals surface area (Å²) in [6.07, 6.45) is 0.428. The number of morpholine rings is 1. The predicted octanol–water partition coefficient (Wildman–Crippen LogP) is 5.21. The van der Waals surface area contributed by atoms with Crippen LogP contribution in [0.2, 0.25) is 0 Å². The highest BCUT2D eigenvalue weighted by molar-refractivity contribution is 9.10. The smallest absolute Gasteiger partial charge is 0.410 e. The number of nitrogens with zero attached hydrogens (tertiary/aromatic N) is 1. The number of halogens is 1. The van der Waals surface area contributed by atoms with Gasteiger partial charge in [-0.3, -0.25) is 0 Å². The van der Waals surface area contributed by atoms with Crippen molar-refractivity contribution in [2.45, 2.75) is 45.5 Å². The second-order valence-corrected chi connectivity index (χ2v) is 9.10. The normalized spacial score (nSPS) is 17.1. The minimum absolute atomic E-state index is 0.0373. The van der Waals surface area contributed by atoms with Crippen molar-refractivity contribution in [3.63, 3.8) is 0 Å². The molecular weight excluding hydrogens is 434 g/mol. The molecule has 0 aliphatic carbocycles. The Morgan fingerprint density at radius 1 is 1.17 bits per heavy atom. The minimum atomic E-state index is -0.490. The Hall–Kier alpha value is -2.05. The van der Waals surface area contributed by atoms with Crippen LogP contribution in [0.5, 0.6) is 5.75 Å². The van der Waals surface area contributed by atoms with Crippen LogP contribution < -0.4 is 4.74 Å². The molecule has 0 saturated carbocycles. The van der Waals surface area contributed by atoms with Gasteiger partial charge in [-0.05, 0) is 56.2 Å². The number of rotatable bonds is 5. The highest BCUT2D eigenvalue weighted by Gasteiger charge is 2.28. The molecule has 1 unspecified atom stereocenters. The van der Waals surface area contributed by atoms with E-state index in [1.807, 2.05) is 69.3 Å². The molecule has 1 aliphatic rings. The van der Waals surface area contributed by atoms with Gasteiger partial charge in [-0.2, -0.15) is 0 Å². The molecule has 1 fully saturated rings. The second-order valence-electron chi connectivity index (χ2n) is 8.19. The molecule has 29 heavy (non-hydrogen) atoms. The molecule has 0 aromatic heterocycles. The van der Waals surface area contributed by atoms with E-state index in [9.17, 15) is 4.79 Å². The summed E-state index contributed by atoms with van der Waals surface area (Å²) in [4.78, 5) is 14.0. The van der Waals surface area contributed by atoms with Gasteiger partial charge >= 0.3 is 6.09 Å². The van der Waals surface area contributed by atoms with Crippen LogP contribution in [-0.4, -0.2) is 42.4 Å². The molecule has 2 aromatic carbocycles. The van der Waals surface area contributed by atoms with E-state index in [0.717, 1.165) is 27.8 Å². The molecule has 0 spiro atoms.